The van der Waals surface area contributed by atoms with Crippen molar-refractivity contribution in [3.8, 4) is 0 Å². The number of hydrogen-bond acceptors (Lipinski definition) is 5. The number of hydrogen-bond donors (Lipinski definition) is 0. The van der Waals surface area contributed by atoms with Crippen molar-refractivity contribution in [3.63, 3.8) is 0 Å². The molecular weight excluding hydrogens is 196 g/mol. The molecule has 1 unspecified atom stereocenters. The third-order valence-electron chi connectivity index (χ3n) is 1.28. The van der Waals surface area contributed by atoms with Crippen LogP contribution in [0, 0.1) is 0 Å². The van der Waals surface area contributed by atoms with Gasteiger partial charge in [0.1, 0.15) is 5.44 Å². The third kappa shape index (κ3) is 3.71. The van der Waals surface area contributed by atoms with E-state index in [1.54, 1.807) is 0 Å². The molecule has 5 heteroatoms. The lowest BCUT2D eigenvalue weighted by Gasteiger charge is -2.21. The molecule has 1 heterocycles. The standard InChI is InChI=1S/C7H12O3S2/c1-2-9-7(11)12-6-5-8-3-4-10-6/h6H,2-5H2,1H3. The molecule has 12 heavy (non-hydrogen) atoms. The van der Waals surface area contributed by atoms with Crippen LogP contribution in [0.3, 0.4) is 0 Å². The van der Waals surface area contributed by atoms with Crippen LogP contribution in [0.15, 0.2) is 0 Å². The summed E-state index contributed by atoms with van der Waals surface area (Å²) in [6.45, 7) is 4.44. The van der Waals surface area contributed by atoms with Crippen LogP contribution in [-0.2, 0) is 14.2 Å². The van der Waals surface area contributed by atoms with E-state index < -0.39 is 0 Å². The molecule has 0 aromatic heterocycles. The van der Waals surface area contributed by atoms with E-state index in [9.17, 15) is 0 Å². The second-order valence-electron chi connectivity index (χ2n) is 2.18. The van der Waals surface area contributed by atoms with E-state index in [2.05, 4.69) is 0 Å². The molecule has 0 N–H and O–H groups in total. The predicted octanol–water partition coefficient (Wildman–Crippen LogP) is 1.41. The predicted molar refractivity (Wildman–Crippen MR) is 52.4 cm³/mol. The van der Waals surface area contributed by atoms with Crippen molar-refractivity contribution in [2.45, 2.75) is 12.4 Å². The Labute approximate surface area is 81.7 Å². The summed E-state index contributed by atoms with van der Waals surface area (Å²) in [5.41, 5.74) is 0.0119. The van der Waals surface area contributed by atoms with Gasteiger partial charge in [0.15, 0.2) is 0 Å². The number of rotatable bonds is 2. The average Bonchev–Trinajstić information content (AvgIpc) is 2.06. The SMILES string of the molecule is CCOC(=S)SC1COCCO1. The Hall–Kier alpha value is 0.160. The highest BCUT2D eigenvalue weighted by atomic mass is 32.2. The second kappa shape index (κ2) is 5.75. The van der Waals surface area contributed by atoms with Crippen LogP contribution in [0.2, 0.25) is 0 Å². The van der Waals surface area contributed by atoms with Crippen molar-refractivity contribution in [3.05, 3.63) is 0 Å². The molecule has 0 aromatic carbocycles. The van der Waals surface area contributed by atoms with Crippen molar-refractivity contribution in [1.82, 2.24) is 0 Å². The van der Waals surface area contributed by atoms with Gasteiger partial charge in [-0.05, 0) is 30.9 Å². The molecule has 0 bridgehead atoms. The smallest absolute Gasteiger partial charge is 0.222 e. The molecule has 1 aliphatic rings. The Bertz CT molecular complexity index is 146. The van der Waals surface area contributed by atoms with Crippen molar-refractivity contribution in [1.29, 1.82) is 0 Å². The highest BCUT2D eigenvalue weighted by Crippen LogP contribution is 2.18. The van der Waals surface area contributed by atoms with Crippen LogP contribution in [0.1, 0.15) is 6.92 Å². The maximum Gasteiger partial charge on any atom is 0.222 e. The minimum absolute atomic E-state index is 0.0119. The summed E-state index contributed by atoms with van der Waals surface area (Å²) < 4.78 is 16.2. The van der Waals surface area contributed by atoms with E-state index in [4.69, 9.17) is 26.4 Å². The molecule has 0 spiro atoms. The summed E-state index contributed by atoms with van der Waals surface area (Å²) in [4.78, 5) is 0. The van der Waals surface area contributed by atoms with Crippen LogP contribution in [0.25, 0.3) is 0 Å². The van der Waals surface area contributed by atoms with Gasteiger partial charge in [0.05, 0.1) is 26.4 Å². The topological polar surface area (TPSA) is 27.7 Å². The summed E-state index contributed by atoms with van der Waals surface area (Å²) in [6.07, 6.45) is 0. The van der Waals surface area contributed by atoms with Crippen LogP contribution in [0.4, 0.5) is 0 Å². The fourth-order valence-electron chi connectivity index (χ4n) is 0.793. The van der Waals surface area contributed by atoms with E-state index in [1.807, 2.05) is 6.92 Å². The lowest BCUT2D eigenvalue weighted by Crippen LogP contribution is -2.27. The van der Waals surface area contributed by atoms with Gasteiger partial charge in [-0.15, -0.1) is 0 Å². The first kappa shape index (κ1) is 10.2. The van der Waals surface area contributed by atoms with Gasteiger partial charge in [-0.25, -0.2) is 0 Å². The van der Waals surface area contributed by atoms with E-state index in [0.29, 0.717) is 30.8 Å². The summed E-state index contributed by atoms with van der Waals surface area (Å²) in [6, 6.07) is 0. The number of thioether (sulfide) groups is 1. The Morgan fingerprint density at radius 1 is 1.67 bits per heavy atom. The number of thiocarbonyl (C=S) groups is 1. The monoisotopic (exact) mass is 208 g/mol. The van der Waals surface area contributed by atoms with Gasteiger partial charge >= 0.3 is 0 Å². The van der Waals surface area contributed by atoms with Crippen LogP contribution < -0.4 is 0 Å². The zero-order valence-electron chi connectivity index (χ0n) is 6.95. The largest absolute Gasteiger partial charge is 0.479 e. The molecule has 70 valence electrons. The van der Waals surface area contributed by atoms with Gasteiger partial charge in [-0.1, -0.05) is 0 Å². The Morgan fingerprint density at radius 2 is 2.50 bits per heavy atom. The fraction of sp³-hybridized carbons (Fsp3) is 0.857. The lowest BCUT2D eigenvalue weighted by atomic mass is 10.6. The first-order valence-corrected chi connectivity index (χ1v) is 5.14. The molecule has 3 nitrogen and oxygen atoms in total. The van der Waals surface area contributed by atoms with Crippen molar-refractivity contribution < 1.29 is 14.2 Å². The molecule has 0 aromatic rings. The van der Waals surface area contributed by atoms with Gasteiger partial charge < -0.3 is 14.2 Å². The maximum atomic E-state index is 5.37. The molecule has 1 atom stereocenters. The van der Waals surface area contributed by atoms with Crippen molar-refractivity contribution in [2.24, 2.45) is 0 Å². The van der Waals surface area contributed by atoms with Crippen LogP contribution in [-0.4, -0.2) is 36.2 Å². The van der Waals surface area contributed by atoms with E-state index in [1.165, 1.54) is 11.8 Å². The zero-order chi connectivity index (χ0) is 8.81. The second-order valence-corrected chi connectivity index (χ2v) is 3.94. The lowest BCUT2D eigenvalue weighted by molar-refractivity contribution is -0.0495. The minimum atomic E-state index is 0.0119. The third-order valence-corrected chi connectivity index (χ3v) is 2.53. The Morgan fingerprint density at radius 3 is 3.08 bits per heavy atom. The van der Waals surface area contributed by atoms with Gasteiger partial charge in [-0.2, -0.15) is 0 Å². The maximum absolute atomic E-state index is 5.37. The fourth-order valence-corrected chi connectivity index (χ4v) is 1.96. The molecule has 0 amide bonds. The van der Waals surface area contributed by atoms with Gasteiger partial charge in [0.2, 0.25) is 4.38 Å². The molecule has 1 rings (SSSR count). The first-order valence-electron chi connectivity index (χ1n) is 3.85. The summed E-state index contributed by atoms with van der Waals surface area (Å²) >= 11 is 6.35. The summed E-state index contributed by atoms with van der Waals surface area (Å²) in [5.74, 6) is 0. The van der Waals surface area contributed by atoms with Crippen molar-refractivity contribution >= 4 is 28.4 Å². The van der Waals surface area contributed by atoms with Crippen LogP contribution in [0.5, 0.6) is 0 Å². The molecule has 1 saturated heterocycles. The summed E-state index contributed by atoms with van der Waals surface area (Å²) in [5, 5.41) is 0. The van der Waals surface area contributed by atoms with E-state index in [-0.39, 0.29) is 5.44 Å². The molecule has 1 aliphatic heterocycles. The summed E-state index contributed by atoms with van der Waals surface area (Å²) in [7, 11) is 0. The molecule has 0 saturated carbocycles. The Kier molecular flexibility index (Phi) is 4.90. The van der Waals surface area contributed by atoms with E-state index >= 15 is 0 Å². The molecule has 1 fully saturated rings. The van der Waals surface area contributed by atoms with Crippen LogP contribution >= 0.6 is 24.0 Å². The van der Waals surface area contributed by atoms with E-state index in [0.717, 1.165) is 0 Å². The van der Waals surface area contributed by atoms with Gasteiger partial charge in [0, 0.05) is 0 Å². The molecular formula is C7H12O3S2. The van der Waals surface area contributed by atoms with Gasteiger partial charge in [-0.3, -0.25) is 0 Å². The van der Waals surface area contributed by atoms with Crippen molar-refractivity contribution in [2.75, 3.05) is 26.4 Å². The van der Waals surface area contributed by atoms with Gasteiger partial charge in [0.25, 0.3) is 0 Å². The molecule has 0 aliphatic carbocycles. The normalized spacial score (nSPS) is 23.6. The first-order chi connectivity index (χ1) is 5.83. The number of ether oxygens (including phenoxy) is 3. The quantitative estimate of drug-likeness (QED) is 0.640. The highest BCUT2D eigenvalue weighted by molar-refractivity contribution is 8.22. The Balaban J connectivity index is 2.15. The highest BCUT2D eigenvalue weighted by Gasteiger charge is 2.17. The zero-order valence-corrected chi connectivity index (χ0v) is 8.58. The molecule has 0 radical (unpaired) electrons. The average molecular weight is 208 g/mol. The minimum Gasteiger partial charge on any atom is -0.479 e.